The number of carbonyl (C=O) groups is 2. The van der Waals surface area contributed by atoms with Crippen molar-refractivity contribution >= 4 is 17.5 Å². The molecule has 2 amide bonds. The molecule has 1 aliphatic carbocycles. The fourth-order valence-corrected chi connectivity index (χ4v) is 4.37. The van der Waals surface area contributed by atoms with Crippen LogP contribution in [0.5, 0.6) is 11.5 Å². The number of nitrogens with zero attached hydrogens (tertiary/aromatic N) is 2. The highest BCUT2D eigenvalue weighted by atomic mass is 16.5. The van der Waals surface area contributed by atoms with E-state index in [0.29, 0.717) is 35.9 Å². The number of amides is 2. The van der Waals surface area contributed by atoms with E-state index in [2.05, 4.69) is 10.2 Å². The second-order valence-corrected chi connectivity index (χ2v) is 8.99. The fraction of sp³-hybridized carbons (Fsp3) is 0.462. The number of nitrogens with one attached hydrogen (secondary N) is 1. The molecule has 1 saturated carbocycles. The molecule has 176 valence electrons. The number of ether oxygens (including phenoxy) is 2. The monoisotopic (exact) mass is 451 g/mol. The smallest absolute Gasteiger partial charge is 0.257 e. The topological polar surface area (TPSA) is 71.1 Å². The van der Waals surface area contributed by atoms with Gasteiger partial charge in [0, 0.05) is 12.5 Å². The molecule has 0 spiro atoms. The van der Waals surface area contributed by atoms with Crippen molar-refractivity contribution in [3.63, 3.8) is 0 Å². The number of fused-ring (bicyclic) bond motifs is 1. The molecule has 1 heterocycles. The average Bonchev–Trinajstić information content (AvgIpc) is 3.59. The number of anilines is 1. The standard InChI is InChI=1S/C26H33N3O4/c1-5-33-23-15-18(11-12-22(23)32-4)21(13-14-28(2)3)29-16-19-7-6-8-20(24(19)26(29)31)27-25(30)17-9-10-17/h6-8,11-12,15,17,21H,5,9-10,13-14,16H2,1-4H3,(H,27,30)/t21-/m0/s1. The van der Waals surface area contributed by atoms with Crippen molar-refractivity contribution in [2.24, 2.45) is 5.92 Å². The van der Waals surface area contributed by atoms with Gasteiger partial charge in [-0.1, -0.05) is 18.2 Å². The summed E-state index contributed by atoms with van der Waals surface area (Å²) in [6.07, 6.45) is 2.62. The molecule has 2 aliphatic rings. The summed E-state index contributed by atoms with van der Waals surface area (Å²) in [7, 11) is 5.69. The fourth-order valence-electron chi connectivity index (χ4n) is 4.37. The van der Waals surface area contributed by atoms with Gasteiger partial charge in [-0.15, -0.1) is 0 Å². The summed E-state index contributed by atoms with van der Waals surface area (Å²) >= 11 is 0. The van der Waals surface area contributed by atoms with Crippen LogP contribution >= 0.6 is 0 Å². The lowest BCUT2D eigenvalue weighted by atomic mass is 10.0. The van der Waals surface area contributed by atoms with Crippen LogP contribution in [-0.2, 0) is 11.3 Å². The molecule has 1 atom stereocenters. The SMILES string of the molecule is CCOc1cc([C@H](CCN(C)C)N2Cc3cccc(NC(=O)C4CC4)c3C2=O)ccc1OC. The summed E-state index contributed by atoms with van der Waals surface area (Å²) < 4.78 is 11.3. The molecule has 1 aliphatic heterocycles. The van der Waals surface area contributed by atoms with Gasteiger partial charge in [-0.25, -0.2) is 0 Å². The molecule has 2 aromatic rings. The second kappa shape index (κ2) is 9.83. The third-order valence-electron chi connectivity index (χ3n) is 6.27. The van der Waals surface area contributed by atoms with Gasteiger partial charge < -0.3 is 24.6 Å². The molecular formula is C26H33N3O4. The van der Waals surface area contributed by atoms with E-state index >= 15 is 0 Å². The Labute approximate surface area is 195 Å². The maximum absolute atomic E-state index is 13.7. The van der Waals surface area contributed by atoms with E-state index in [4.69, 9.17) is 9.47 Å². The third-order valence-corrected chi connectivity index (χ3v) is 6.27. The summed E-state index contributed by atoms with van der Waals surface area (Å²) in [6, 6.07) is 11.5. The van der Waals surface area contributed by atoms with Gasteiger partial charge in [0.15, 0.2) is 11.5 Å². The second-order valence-electron chi connectivity index (χ2n) is 8.99. The lowest BCUT2D eigenvalue weighted by Gasteiger charge is -2.30. The summed E-state index contributed by atoms with van der Waals surface area (Å²) in [6.45, 7) is 3.80. The molecule has 0 unspecified atom stereocenters. The summed E-state index contributed by atoms with van der Waals surface area (Å²) in [5.41, 5.74) is 3.18. The highest BCUT2D eigenvalue weighted by molar-refractivity contribution is 6.07. The van der Waals surface area contributed by atoms with Crippen LogP contribution in [0.4, 0.5) is 5.69 Å². The van der Waals surface area contributed by atoms with Crippen LogP contribution in [0.1, 0.15) is 53.7 Å². The Bertz CT molecular complexity index is 1030. The first kappa shape index (κ1) is 23.1. The Morgan fingerprint density at radius 3 is 2.67 bits per heavy atom. The van der Waals surface area contributed by atoms with E-state index in [1.165, 1.54) is 0 Å². The van der Waals surface area contributed by atoms with Crippen molar-refractivity contribution in [1.29, 1.82) is 0 Å². The third kappa shape index (κ3) is 4.98. The van der Waals surface area contributed by atoms with E-state index in [0.717, 1.165) is 36.9 Å². The molecule has 0 bridgehead atoms. The van der Waals surface area contributed by atoms with Gasteiger partial charge >= 0.3 is 0 Å². The van der Waals surface area contributed by atoms with Gasteiger partial charge in [0.05, 0.1) is 31.0 Å². The Balaban J connectivity index is 1.66. The zero-order valence-corrected chi connectivity index (χ0v) is 19.9. The van der Waals surface area contributed by atoms with Crippen molar-refractivity contribution in [3.8, 4) is 11.5 Å². The van der Waals surface area contributed by atoms with E-state index in [1.807, 2.05) is 62.3 Å². The molecule has 0 saturated heterocycles. The molecule has 7 nitrogen and oxygen atoms in total. The van der Waals surface area contributed by atoms with E-state index in [9.17, 15) is 9.59 Å². The summed E-state index contributed by atoms with van der Waals surface area (Å²) in [4.78, 5) is 30.1. The van der Waals surface area contributed by atoms with Crippen LogP contribution in [0.2, 0.25) is 0 Å². The minimum Gasteiger partial charge on any atom is -0.493 e. The Hall–Kier alpha value is -3.06. The zero-order chi connectivity index (χ0) is 23.5. The van der Waals surface area contributed by atoms with Crippen molar-refractivity contribution in [1.82, 2.24) is 9.80 Å². The van der Waals surface area contributed by atoms with E-state index in [-0.39, 0.29) is 23.8 Å². The molecule has 4 rings (SSSR count). The van der Waals surface area contributed by atoms with Gasteiger partial charge in [0.25, 0.3) is 5.91 Å². The van der Waals surface area contributed by atoms with Crippen molar-refractivity contribution in [2.75, 3.05) is 39.7 Å². The number of benzene rings is 2. The van der Waals surface area contributed by atoms with Crippen molar-refractivity contribution in [3.05, 3.63) is 53.1 Å². The predicted molar refractivity (Wildman–Crippen MR) is 128 cm³/mol. The normalized spacial score (nSPS) is 16.0. The zero-order valence-electron chi connectivity index (χ0n) is 19.9. The Kier molecular flexibility index (Phi) is 6.88. The number of hydrogen-bond acceptors (Lipinski definition) is 5. The molecule has 1 N–H and O–H groups in total. The lowest BCUT2D eigenvalue weighted by molar-refractivity contribution is -0.117. The van der Waals surface area contributed by atoms with Crippen LogP contribution in [-0.4, -0.2) is 56.0 Å². The number of rotatable bonds is 10. The minimum absolute atomic E-state index is 0.00955. The maximum atomic E-state index is 13.7. The lowest BCUT2D eigenvalue weighted by Crippen LogP contribution is -2.32. The molecule has 0 radical (unpaired) electrons. The van der Waals surface area contributed by atoms with Crippen LogP contribution in [0.15, 0.2) is 36.4 Å². The van der Waals surface area contributed by atoms with Gasteiger partial charge in [-0.2, -0.15) is 0 Å². The quantitative estimate of drug-likeness (QED) is 0.589. The molecule has 0 aromatic heterocycles. The Morgan fingerprint density at radius 1 is 1.21 bits per heavy atom. The molecule has 7 heteroatoms. The number of methoxy groups -OCH3 is 1. The highest BCUT2D eigenvalue weighted by Gasteiger charge is 2.37. The molecule has 1 fully saturated rings. The van der Waals surface area contributed by atoms with Gasteiger partial charge in [-0.05, 0) is 76.2 Å². The van der Waals surface area contributed by atoms with Gasteiger partial charge in [-0.3, -0.25) is 9.59 Å². The van der Waals surface area contributed by atoms with Gasteiger partial charge in [0.1, 0.15) is 0 Å². The first-order valence-electron chi connectivity index (χ1n) is 11.6. The minimum atomic E-state index is -0.135. The predicted octanol–water partition coefficient (Wildman–Crippen LogP) is 4.09. The molecular weight excluding hydrogens is 418 g/mol. The molecule has 33 heavy (non-hydrogen) atoms. The summed E-state index contributed by atoms with van der Waals surface area (Å²) in [5.74, 6) is 1.39. The number of hydrogen-bond donors (Lipinski definition) is 1. The van der Waals surface area contributed by atoms with E-state index in [1.54, 1.807) is 7.11 Å². The first-order valence-corrected chi connectivity index (χ1v) is 11.6. The highest BCUT2D eigenvalue weighted by Crippen LogP contribution is 2.40. The number of carbonyl (C=O) groups excluding carboxylic acids is 2. The average molecular weight is 452 g/mol. The van der Waals surface area contributed by atoms with Crippen LogP contribution in [0.25, 0.3) is 0 Å². The van der Waals surface area contributed by atoms with E-state index < -0.39 is 0 Å². The van der Waals surface area contributed by atoms with Crippen molar-refractivity contribution < 1.29 is 19.1 Å². The maximum Gasteiger partial charge on any atom is 0.257 e. The first-order chi connectivity index (χ1) is 15.9. The van der Waals surface area contributed by atoms with Crippen LogP contribution in [0.3, 0.4) is 0 Å². The summed E-state index contributed by atoms with van der Waals surface area (Å²) in [5, 5.41) is 2.99. The molecule has 2 aromatic carbocycles. The largest absolute Gasteiger partial charge is 0.493 e. The van der Waals surface area contributed by atoms with Crippen LogP contribution < -0.4 is 14.8 Å². The van der Waals surface area contributed by atoms with Crippen LogP contribution in [0, 0.1) is 5.92 Å². The Morgan fingerprint density at radius 2 is 2.00 bits per heavy atom. The van der Waals surface area contributed by atoms with Gasteiger partial charge in [0.2, 0.25) is 5.91 Å². The van der Waals surface area contributed by atoms with Crippen molar-refractivity contribution in [2.45, 2.75) is 38.8 Å².